The van der Waals surface area contributed by atoms with Crippen molar-refractivity contribution in [3.63, 3.8) is 0 Å². The van der Waals surface area contributed by atoms with Crippen molar-refractivity contribution in [2.24, 2.45) is 11.8 Å². The van der Waals surface area contributed by atoms with Gasteiger partial charge in [-0.3, -0.25) is 9.59 Å². The topological polar surface area (TPSA) is 67.9 Å². The molecule has 2 saturated heterocycles. The molecule has 0 radical (unpaired) electrons. The molecule has 2 fully saturated rings. The summed E-state index contributed by atoms with van der Waals surface area (Å²) < 4.78 is 10.3. The third kappa shape index (κ3) is 4.95. The second-order valence-electron chi connectivity index (χ2n) is 6.12. The Labute approximate surface area is 132 Å². The van der Waals surface area contributed by atoms with Crippen LogP contribution in [0.2, 0.25) is 0 Å². The van der Waals surface area contributed by atoms with Crippen LogP contribution in [0.5, 0.6) is 0 Å². The van der Waals surface area contributed by atoms with Gasteiger partial charge in [-0.15, -0.1) is 0 Å². The molecule has 1 N–H and O–H groups in total. The minimum atomic E-state index is 0.0429. The highest BCUT2D eigenvalue weighted by molar-refractivity contribution is 5.81. The fourth-order valence-electron chi connectivity index (χ4n) is 3.14. The number of carbonyl (C=O) groups is 2. The minimum absolute atomic E-state index is 0.0429. The molecule has 0 unspecified atom stereocenters. The lowest BCUT2D eigenvalue weighted by Crippen LogP contribution is -2.46. The van der Waals surface area contributed by atoms with E-state index in [0.29, 0.717) is 39.5 Å². The summed E-state index contributed by atoms with van der Waals surface area (Å²) in [5, 5.41) is 2.96. The van der Waals surface area contributed by atoms with Crippen LogP contribution in [0.15, 0.2) is 0 Å². The molecule has 22 heavy (non-hydrogen) atoms. The lowest BCUT2D eigenvalue weighted by atomic mass is 9.93. The standard InChI is InChI=1S/C16H28N2O4/c1-21-10-2-7-17-15(19)13-3-8-18(9-4-13)16(20)14-5-11-22-12-6-14/h13-14H,2-12H2,1H3,(H,17,19). The van der Waals surface area contributed by atoms with Crippen LogP contribution in [0, 0.1) is 11.8 Å². The lowest BCUT2D eigenvalue weighted by Gasteiger charge is -2.34. The van der Waals surface area contributed by atoms with Crippen molar-refractivity contribution in [2.75, 3.05) is 46.6 Å². The predicted molar refractivity (Wildman–Crippen MR) is 82.3 cm³/mol. The third-order valence-electron chi connectivity index (χ3n) is 4.57. The molecule has 0 aliphatic carbocycles. The molecule has 6 nitrogen and oxygen atoms in total. The highest BCUT2D eigenvalue weighted by Gasteiger charge is 2.31. The monoisotopic (exact) mass is 312 g/mol. The molecule has 6 heteroatoms. The van der Waals surface area contributed by atoms with Gasteiger partial charge in [0.15, 0.2) is 0 Å². The van der Waals surface area contributed by atoms with E-state index < -0.39 is 0 Å². The molecule has 0 aromatic rings. The number of ether oxygens (including phenoxy) is 2. The SMILES string of the molecule is COCCCNC(=O)C1CCN(C(=O)C2CCOCC2)CC1. The van der Waals surface area contributed by atoms with Crippen molar-refractivity contribution in [3.8, 4) is 0 Å². The zero-order valence-corrected chi connectivity index (χ0v) is 13.5. The van der Waals surface area contributed by atoms with E-state index in [-0.39, 0.29) is 23.7 Å². The van der Waals surface area contributed by atoms with E-state index >= 15 is 0 Å². The first kappa shape index (κ1) is 17.2. The Morgan fingerprint density at radius 3 is 2.45 bits per heavy atom. The molecule has 2 rings (SSSR count). The molecule has 0 aromatic carbocycles. The maximum atomic E-state index is 12.4. The van der Waals surface area contributed by atoms with Crippen molar-refractivity contribution in [3.05, 3.63) is 0 Å². The quantitative estimate of drug-likeness (QED) is 0.737. The Morgan fingerprint density at radius 2 is 1.82 bits per heavy atom. The zero-order valence-electron chi connectivity index (χ0n) is 13.5. The largest absolute Gasteiger partial charge is 0.385 e. The Balaban J connectivity index is 1.68. The molecule has 2 aliphatic rings. The van der Waals surface area contributed by atoms with E-state index in [1.54, 1.807) is 7.11 Å². The van der Waals surface area contributed by atoms with Gasteiger partial charge in [0.05, 0.1) is 0 Å². The van der Waals surface area contributed by atoms with Crippen LogP contribution < -0.4 is 5.32 Å². The molecule has 0 bridgehead atoms. The van der Waals surface area contributed by atoms with Crippen LogP contribution >= 0.6 is 0 Å². The summed E-state index contributed by atoms with van der Waals surface area (Å²) in [6.07, 6.45) is 4.04. The number of nitrogens with zero attached hydrogens (tertiary/aromatic N) is 1. The van der Waals surface area contributed by atoms with Crippen LogP contribution in [-0.4, -0.2) is 63.3 Å². The summed E-state index contributed by atoms with van der Waals surface area (Å²) in [4.78, 5) is 26.4. The van der Waals surface area contributed by atoms with Gasteiger partial charge in [-0.05, 0) is 32.1 Å². The third-order valence-corrected chi connectivity index (χ3v) is 4.57. The average molecular weight is 312 g/mol. The first-order valence-corrected chi connectivity index (χ1v) is 8.35. The van der Waals surface area contributed by atoms with E-state index in [9.17, 15) is 9.59 Å². The number of carbonyl (C=O) groups excluding carboxylic acids is 2. The van der Waals surface area contributed by atoms with Crippen molar-refractivity contribution >= 4 is 11.8 Å². The highest BCUT2D eigenvalue weighted by atomic mass is 16.5. The Morgan fingerprint density at radius 1 is 1.14 bits per heavy atom. The van der Waals surface area contributed by atoms with E-state index in [2.05, 4.69) is 5.32 Å². The Bertz CT molecular complexity index is 361. The van der Waals surface area contributed by atoms with Crippen molar-refractivity contribution in [2.45, 2.75) is 32.1 Å². The number of likely N-dealkylation sites (tertiary alicyclic amines) is 1. The zero-order chi connectivity index (χ0) is 15.8. The molecule has 2 amide bonds. The smallest absolute Gasteiger partial charge is 0.225 e. The lowest BCUT2D eigenvalue weighted by molar-refractivity contribution is -0.141. The molecule has 0 spiro atoms. The number of amides is 2. The molecule has 126 valence electrons. The molecule has 2 heterocycles. The van der Waals surface area contributed by atoms with Gasteiger partial charge in [0.25, 0.3) is 0 Å². The summed E-state index contributed by atoms with van der Waals surface area (Å²) in [6, 6.07) is 0. The number of methoxy groups -OCH3 is 1. The fraction of sp³-hybridized carbons (Fsp3) is 0.875. The normalized spacial score (nSPS) is 20.9. The molecule has 2 aliphatic heterocycles. The van der Waals surface area contributed by atoms with Gasteiger partial charge >= 0.3 is 0 Å². The average Bonchev–Trinajstić information content (AvgIpc) is 2.59. The maximum Gasteiger partial charge on any atom is 0.225 e. The van der Waals surface area contributed by atoms with E-state index in [1.165, 1.54) is 0 Å². The summed E-state index contributed by atoms with van der Waals surface area (Å²) >= 11 is 0. The Hall–Kier alpha value is -1.14. The van der Waals surface area contributed by atoms with Crippen molar-refractivity contribution in [1.29, 1.82) is 0 Å². The Kier molecular flexibility index (Phi) is 7.12. The summed E-state index contributed by atoms with van der Waals surface area (Å²) in [5.41, 5.74) is 0. The molecular weight excluding hydrogens is 284 g/mol. The minimum Gasteiger partial charge on any atom is -0.385 e. The van der Waals surface area contributed by atoms with Crippen molar-refractivity contribution < 1.29 is 19.1 Å². The second-order valence-corrected chi connectivity index (χ2v) is 6.12. The number of hydrogen-bond acceptors (Lipinski definition) is 4. The molecule has 0 aromatic heterocycles. The number of hydrogen-bond donors (Lipinski definition) is 1. The summed E-state index contributed by atoms with van der Waals surface area (Å²) in [7, 11) is 1.66. The van der Waals surface area contributed by atoms with E-state index in [1.807, 2.05) is 4.90 Å². The predicted octanol–water partition coefficient (Wildman–Crippen LogP) is 0.804. The highest BCUT2D eigenvalue weighted by Crippen LogP contribution is 2.23. The fourth-order valence-corrected chi connectivity index (χ4v) is 3.14. The van der Waals surface area contributed by atoms with E-state index in [0.717, 1.165) is 32.1 Å². The molecule has 0 atom stereocenters. The van der Waals surface area contributed by atoms with Crippen molar-refractivity contribution in [1.82, 2.24) is 10.2 Å². The van der Waals surface area contributed by atoms with Gasteiger partial charge in [-0.25, -0.2) is 0 Å². The molecule has 0 saturated carbocycles. The van der Waals surface area contributed by atoms with Crippen LogP contribution in [-0.2, 0) is 19.1 Å². The summed E-state index contributed by atoms with van der Waals surface area (Å²) in [5.74, 6) is 0.533. The number of nitrogens with one attached hydrogen (secondary N) is 1. The first-order chi connectivity index (χ1) is 10.7. The number of rotatable bonds is 6. The van der Waals surface area contributed by atoms with Gasteiger partial charge in [0, 0.05) is 58.4 Å². The van der Waals surface area contributed by atoms with Gasteiger partial charge in [0.2, 0.25) is 11.8 Å². The second kappa shape index (κ2) is 9.10. The molecular formula is C16H28N2O4. The van der Waals surface area contributed by atoms with E-state index in [4.69, 9.17) is 9.47 Å². The number of piperidine rings is 1. The van der Waals surface area contributed by atoms with Gasteiger partial charge in [-0.1, -0.05) is 0 Å². The van der Waals surface area contributed by atoms with Gasteiger partial charge in [0.1, 0.15) is 0 Å². The van der Waals surface area contributed by atoms with Crippen LogP contribution in [0.1, 0.15) is 32.1 Å². The van der Waals surface area contributed by atoms with Gasteiger partial charge < -0.3 is 19.7 Å². The van der Waals surface area contributed by atoms with Crippen LogP contribution in [0.3, 0.4) is 0 Å². The maximum absolute atomic E-state index is 12.4. The van der Waals surface area contributed by atoms with Crippen LogP contribution in [0.4, 0.5) is 0 Å². The summed E-state index contributed by atoms with van der Waals surface area (Å²) in [6.45, 7) is 4.11. The van der Waals surface area contributed by atoms with Crippen LogP contribution in [0.25, 0.3) is 0 Å². The first-order valence-electron chi connectivity index (χ1n) is 8.35. The van der Waals surface area contributed by atoms with Gasteiger partial charge in [-0.2, -0.15) is 0 Å².